The van der Waals surface area contributed by atoms with E-state index in [9.17, 15) is 5.26 Å². The summed E-state index contributed by atoms with van der Waals surface area (Å²) in [6.07, 6.45) is 0.757. The molecule has 1 N–H and O–H groups in total. The van der Waals surface area contributed by atoms with E-state index in [0.717, 1.165) is 40.1 Å². The van der Waals surface area contributed by atoms with Crippen LogP contribution in [0.15, 0.2) is 54.6 Å². The third-order valence-electron chi connectivity index (χ3n) is 5.46. The van der Waals surface area contributed by atoms with Gasteiger partial charge in [-0.1, -0.05) is 36.4 Å². The minimum absolute atomic E-state index is 0.511. The Kier molecular flexibility index (Phi) is 4.66. The molecule has 0 unspecified atom stereocenters. The highest BCUT2D eigenvalue weighted by Gasteiger charge is 2.21. The molecule has 4 aromatic rings. The third-order valence-corrected chi connectivity index (χ3v) is 5.46. The molecule has 0 aliphatic carbocycles. The molecule has 148 valence electrons. The van der Waals surface area contributed by atoms with Crippen LogP contribution in [0, 0.1) is 18.3 Å². The van der Waals surface area contributed by atoms with Gasteiger partial charge in [0.05, 0.1) is 36.1 Å². The molecule has 0 bridgehead atoms. The van der Waals surface area contributed by atoms with Gasteiger partial charge in [0.15, 0.2) is 0 Å². The number of nitrogens with one attached hydrogen (secondary N) is 1. The van der Waals surface area contributed by atoms with Gasteiger partial charge in [0.25, 0.3) is 0 Å². The molecular formula is C24H21N5O. The van der Waals surface area contributed by atoms with Crippen LogP contribution < -0.4 is 5.32 Å². The van der Waals surface area contributed by atoms with E-state index in [2.05, 4.69) is 23.5 Å². The van der Waals surface area contributed by atoms with Crippen molar-refractivity contribution >= 4 is 16.7 Å². The predicted octanol–water partition coefficient (Wildman–Crippen LogP) is 4.29. The number of aromatic nitrogens is 3. The molecule has 3 heterocycles. The zero-order valence-electron chi connectivity index (χ0n) is 16.7. The van der Waals surface area contributed by atoms with Gasteiger partial charge in [-0.3, -0.25) is 4.57 Å². The molecule has 6 heteroatoms. The second kappa shape index (κ2) is 7.62. The van der Waals surface area contributed by atoms with Crippen molar-refractivity contribution in [2.45, 2.75) is 26.5 Å². The van der Waals surface area contributed by atoms with E-state index in [1.54, 1.807) is 0 Å². The molecular weight excluding hydrogens is 374 g/mol. The highest BCUT2D eigenvalue weighted by Crippen LogP contribution is 2.29. The van der Waals surface area contributed by atoms with Crippen molar-refractivity contribution in [2.24, 2.45) is 0 Å². The Morgan fingerprint density at radius 1 is 1.13 bits per heavy atom. The van der Waals surface area contributed by atoms with Gasteiger partial charge in [0, 0.05) is 29.6 Å². The van der Waals surface area contributed by atoms with Crippen molar-refractivity contribution in [2.75, 3.05) is 11.9 Å². The van der Waals surface area contributed by atoms with Gasteiger partial charge in [-0.2, -0.15) is 10.2 Å². The standard InChI is InChI=1S/C24H21N5O/c1-16-12-19-18(13-25)8-5-9-22(19)29(16)24-27-21-10-11-30-15-20(21)23(28-24)26-14-17-6-3-2-4-7-17/h2-9,12H,10-11,14-15H2,1H3,(H,26,27,28). The fourth-order valence-corrected chi connectivity index (χ4v) is 3.97. The summed E-state index contributed by atoms with van der Waals surface area (Å²) in [5.41, 5.74) is 5.81. The largest absolute Gasteiger partial charge is 0.376 e. The maximum Gasteiger partial charge on any atom is 0.236 e. The Hall–Kier alpha value is -3.69. The highest BCUT2D eigenvalue weighted by molar-refractivity contribution is 5.88. The number of benzene rings is 2. The van der Waals surface area contributed by atoms with Crippen LogP contribution in [0.1, 0.15) is 28.1 Å². The van der Waals surface area contributed by atoms with E-state index in [1.807, 2.05) is 54.0 Å². The van der Waals surface area contributed by atoms with Gasteiger partial charge >= 0.3 is 0 Å². The maximum absolute atomic E-state index is 9.47. The monoisotopic (exact) mass is 395 g/mol. The number of fused-ring (bicyclic) bond motifs is 2. The minimum Gasteiger partial charge on any atom is -0.376 e. The van der Waals surface area contributed by atoms with Crippen LogP contribution in [-0.2, 0) is 24.3 Å². The predicted molar refractivity (Wildman–Crippen MR) is 115 cm³/mol. The number of ether oxygens (including phenoxy) is 1. The van der Waals surface area contributed by atoms with Crippen molar-refractivity contribution in [1.82, 2.24) is 14.5 Å². The minimum atomic E-state index is 0.511. The zero-order valence-corrected chi connectivity index (χ0v) is 16.7. The Labute approximate surface area is 174 Å². The van der Waals surface area contributed by atoms with Crippen molar-refractivity contribution in [1.29, 1.82) is 5.26 Å². The first-order valence-corrected chi connectivity index (χ1v) is 10.0. The number of hydrogen-bond acceptors (Lipinski definition) is 5. The third kappa shape index (κ3) is 3.19. The van der Waals surface area contributed by atoms with Crippen molar-refractivity contribution in [3.8, 4) is 12.0 Å². The number of rotatable bonds is 4. The molecule has 0 atom stereocenters. The smallest absolute Gasteiger partial charge is 0.236 e. The van der Waals surface area contributed by atoms with Crippen LogP contribution in [0.4, 0.5) is 5.82 Å². The number of anilines is 1. The molecule has 2 aromatic carbocycles. The maximum atomic E-state index is 9.47. The molecule has 6 nitrogen and oxygen atoms in total. The lowest BCUT2D eigenvalue weighted by atomic mass is 10.1. The van der Waals surface area contributed by atoms with Crippen LogP contribution in [-0.4, -0.2) is 21.1 Å². The summed E-state index contributed by atoms with van der Waals surface area (Å²) in [4.78, 5) is 9.77. The van der Waals surface area contributed by atoms with E-state index < -0.39 is 0 Å². The van der Waals surface area contributed by atoms with E-state index in [1.165, 1.54) is 5.56 Å². The lowest BCUT2D eigenvalue weighted by molar-refractivity contribution is 0.109. The Bertz CT molecular complexity index is 1270. The van der Waals surface area contributed by atoms with E-state index in [4.69, 9.17) is 14.7 Å². The number of aryl methyl sites for hydroxylation is 1. The fourth-order valence-electron chi connectivity index (χ4n) is 3.97. The Morgan fingerprint density at radius 3 is 2.83 bits per heavy atom. The lowest BCUT2D eigenvalue weighted by Gasteiger charge is -2.21. The molecule has 2 aromatic heterocycles. The highest BCUT2D eigenvalue weighted by atomic mass is 16.5. The molecule has 30 heavy (non-hydrogen) atoms. The van der Waals surface area contributed by atoms with E-state index >= 15 is 0 Å². The second-order valence-corrected chi connectivity index (χ2v) is 7.41. The van der Waals surface area contributed by atoms with Crippen molar-refractivity contribution in [3.63, 3.8) is 0 Å². The number of nitriles is 1. The molecule has 0 amide bonds. The van der Waals surface area contributed by atoms with Gasteiger partial charge in [-0.15, -0.1) is 0 Å². The molecule has 1 aliphatic heterocycles. The first-order chi connectivity index (χ1) is 14.7. The lowest BCUT2D eigenvalue weighted by Crippen LogP contribution is -2.19. The molecule has 0 saturated heterocycles. The molecule has 0 saturated carbocycles. The second-order valence-electron chi connectivity index (χ2n) is 7.41. The van der Waals surface area contributed by atoms with Crippen LogP contribution >= 0.6 is 0 Å². The normalized spacial score (nSPS) is 13.1. The van der Waals surface area contributed by atoms with Crippen LogP contribution in [0.2, 0.25) is 0 Å². The quantitative estimate of drug-likeness (QED) is 0.558. The molecule has 1 aliphatic rings. The van der Waals surface area contributed by atoms with E-state index in [0.29, 0.717) is 31.3 Å². The van der Waals surface area contributed by atoms with Gasteiger partial charge < -0.3 is 10.1 Å². The summed E-state index contributed by atoms with van der Waals surface area (Å²) in [7, 11) is 0. The average Bonchev–Trinajstić information content (AvgIpc) is 3.13. The number of nitrogens with zero attached hydrogens (tertiary/aromatic N) is 4. The van der Waals surface area contributed by atoms with Crippen LogP contribution in [0.5, 0.6) is 0 Å². The first kappa shape index (κ1) is 18.3. The van der Waals surface area contributed by atoms with Crippen molar-refractivity contribution < 1.29 is 4.74 Å². The fraction of sp³-hybridized carbons (Fsp3) is 0.208. The number of hydrogen-bond donors (Lipinski definition) is 1. The summed E-state index contributed by atoms with van der Waals surface area (Å²) in [5, 5.41) is 13.9. The summed E-state index contributed by atoms with van der Waals surface area (Å²) < 4.78 is 7.71. The zero-order chi connectivity index (χ0) is 20.5. The Morgan fingerprint density at radius 2 is 2.00 bits per heavy atom. The van der Waals surface area contributed by atoms with E-state index in [-0.39, 0.29) is 0 Å². The first-order valence-electron chi connectivity index (χ1n) is 10.0. The molecule has 5 rings (SSSR count). The molecule has 0 fully saturated rings. The average molecular weight is 395 g/mol. The van der Waals surface area contributed by atoms with Gasteiger partial charge in [-0.05, 0) is 30.7 Å². The summed E-state index contributed by atoms with van der Waals surface area (Å²) >= 11 is 0. The van der Waals surface area contributed by atoms with Crippen LogP contribution in [0.3, 0.4) is 0 Å². The molecule has 0 radical (unpaired) electrons. The summed E-state index contributed by atoms with van der Waals surface area (Å²) in [6, 6.07) is 20.3. The summed E-state index contributed by atoms with van der Waals surface area (Å²) in [5.74, 6) is 1.42. The van der Waals surface area contributed by atoms with Crippen LogP contribution in [0.25, 0.3) is 16.9 Å². The van der Waals surface area contributed by atoms with Crippen molar-refractivity contribution in [3.05, 3.63) is 82.7 Å². The topological polar surface area (TPSA) is 75.8 Å². The van der Waals surface area contributed by atoms with Gasteiger partial charge in [-0.25, -0.2) is 4.98 Å². The van der Waals surface area contributed by atoms with Gasteiger partial charge in [0.2, 0.25) is 5.95 Å². The SMILES string of the molecule is Cc1cc2c(C#N)cccc2n1-c1nc2c(c(NCc3ccccc3)n1)COCC2. The molecule has 0 spiro atoms. The summed E-state index contributed by atoms with van der Waals surface area (Å²) in [6.45, 7) is 3.86. The Balaban J connectivity index is 1.62. The van der Waals surface area contributed by atoms with Gasteiger partial charge in [0.1, 0.15) is 5.82 Å².